The molecular weight excluding hydrogens is 556 g/mol. The molecule has 2 aromatic rings. The van der Waals surface area contributed by atoms with E-state index >= 15 is 0 Å². The molecule has 1 N–H and O–H groups in total. The quantitative estimate of drug-likeness (QED) is 0.406. The molecule has 0 saturated carbocycles. The minimum Gasteiger partial charge on any atom is -0.352 e. The Bertz CT molecular complexity index is 1150. The van der Waals surface area contributed by atoms with Crippen LogP contribution in [0, 0.1) is 0 Å². The highest BCUT2D eigenvalue weighted by Gasteiger charge is 2.33. The number of nitrogens with zero attached hydrogens (tertiary/aromatic N) is 2. The van der Waals surface area contributed by atoms with Gasteiger partial charge in [0, 0.05) is 38.2 Å². The number of rotatable bonds is 10. The van der Waals surface area contributed by atoms with Crippen LogP contribution in [-0.2, 0) is 26.2 Å². The maximum absolute atomic E-state index is 13.6. The van der Waals surface area contributed by atoms with Crippen molar-refractivity contribution < 1.29 is 18.0 Å². The highest BCUT2D eigenvalue weighted by atomic mass is 35.5. The Balaban J connectivity index is 2.54. The summed E-state index contributed by atoms with van der Waals surface area (Å²) < 4.78 is 26.2. The van der Waals surface area contributed by atoms with Gasteiger partial charge in [0.2, 0.25) is 21.8 Å². The van der Waals surface area contributed by atoms with E-state index in [2.05, 4.69) is 5.32 Å². The number of carbonyl (C=O) groups excluding carboxylic acids is 2. The van der Waals surface area contributed by atoms with Crippen LogP contribution in [0.2, 0.25) is 20.1 Å². The fourth-order valence-corrected chi connectivity index (χ4v) is 5.32. The van der Waals surface area contributed by atoms with E-state index in [9.17, 15) is 18.0 Å². The van der Waals surface area contributed by atoms with Crippen molar-refractivity contribution in [3.8, 4) is 0 Å². The van der Waals surface area contributed by atoms with Crippen molar-refractivity contribution >= 4 is 73.9 Å². The van der Waals surface area contributed by atoms with Crippen molar-refractivity contribution in [2.75, 3.05) is 17.1 Å². The van der Waals surface area contributed by atoms with E-state index in [1.165, 1.54) is 23.1 Å². The molecule has 2 amide bonds. The number of hydrogen-bond donors (Lipinski definition) is 1. The summed E-state index contributed by atoms with van der Waals surface area (Å²) in [5.74, 6) is -1.01. The highest BCUT2D eigenvalue weighted by Crippen LogP contribution is 2.29. The van der Waals surface area contributed by atoms with Gasteiger partial charge in [-0.05, 0) is 50.6 Å². The number of anilines is 1. The Hall–Kier alpha value is -1.71. The van der Waals surface area contributed by atoms with Gasteiger partial charge >= 0.3 is 0 Å². The smallest absolute Gasteiger partial charge is 0.244 e. The van der Waals surface area contributed by atoms with Crippen LogP contribution >= 0.6 is 46.4 Å². The largest absolute Gasteiger partial charge is 0.352 e. The van der Waals surface area contributed by atoms with E-state index in [4.69, 9.17) is 46.4 Å². The maximum atomic E-state index is 13.6. The van der Waals surface area contributed by atoms with Gasteiger partial charge in [-0.15, -0.1) is 0 Å². The van der Waals surface area contributed by atoms with Crippen LogP contribution in [0.25, 0.3) is 0 Å². The number of halogens is 4. The second kappa shape index (κ2) is 12.5. The number of nitrogens with one attached hydrogen (secondary N) is 1. The second-order valence-corrected chi connectivity index (χ2v) is 11.8. The summed E-state index contributed by atoms with van der Waals surface area (Å²) in [7, 11) is -3.93. The lowest BCUT2D eigenvalue weighted by Gasteiger charge is -2.33. The summed E-state index contributed by atoms with van der Waals surface area (Å²) in [6, 6.07) is 8.07. The van der Waals surface area contributed by atoms with Crippen LogP contribution in [-0.4, -0.2) is 50.0 Å². The third-order valence-electron chi connectivity index (χ3n) is 5.02. The van der Waals surface area contributed by atoms with Crippen LogP contribution in [0.1, 0.15) is 32.8 Å². The standard InChI is InChI=1S/C23H27Cl4N3O4S/c1-5-21(23(32)28-14(2)3)29(12-18-19(26)7-6-8-20(18)27)22(31)13-30(35(4,33)34)17-10-15(24)9-16(25)11-17/h6-11,14,21H,5,12-13H2,1-4H3,(H,28,32)/t21-/m1/s1. The minimum absolute atomic E-state index is 0.102. The zero-order valence-corrected chi connectivity index (χ0v) is 23.5. The lowest BCUT2D eigenvalue weighted by molar-refractivity contribution is -0.140. The Labute approximate surface area is 226 Å². The average molecular weight is 583 g/mol. The van der Waals surface area contributed by atoms with Crippen molar-refractivity contribution in [1.82, 2.24) is 10.2 Å². The molecule has 7 nitrogen and oxygen atoms in total. The molecule has 0 heterocycles. The predicted molar refractivity (Wildman–Crippen MR) is 143 cm³/mol. The van der Waals surface area contributed by atoms with Gasteiger partial charge in [0.1, 0.15) is 12.6 Å². The molecule has 35 heavy (non-hydrogen) atoms. The van der Waals surface area contributed by atoms with Crippen LogP contribution in [0.4, 0.5) is 5.69 Å². The van der Waals surface area contributed by atoms with E-state index in [-0.39, 0.29) is 40.6 Å². The summed E-state index contributed by atoms with van der Waals surface area (Å²) in [6.07, 6.45) is 1.24. The van der Waals surface area contributed by atoms with E-state index < -0.39 is 28.5 Å². The zero-order valence-electron chi connectivity index (χ0n) is 19.7. The Morgan fingerprint density at radius 2 is 1.54 bits per heavy atom. The van der Waals surface area contributed by atoms with Gasteiger partial charge in [0.25, 0.3) is 0 Å². The topological polar surface area (TPSA) is 86.8 Å². The van der Waals surface area contributed by atoms with E-state index in [0.717, 1.165) is 10.6 Å². The fraction of sp³-hybridized carbons (Fsp3) is 0.391. The molecule has 12 heteroatoms. The van der Waals surface area contributed by atoms with Crippen LogP contribution in [0.3, 0.4) is 0 Å². The number of amides is 2. The molecular formula is C23H27Cl4N3O4S. The lowest BCUT2D eigenvalue weighted by Crippen LogP contribution is -2.53. The molecule has 0 saturated heterocycles. The molecule has 0 radical (unpaired) electrons. The molecule has 0 aliphatic heterocycles. The third kappa shape index (κ3) is 8.15. The zero-order chi connectivity index (χ0) is 26.5. The molecule has 192 valence electrons. The van der Waals surface area contributed by atoms with Crippen molar-refractivity contribution in [3.63, 3.8) is 0 Å². The number of carbonyl (C=O) groups is 2. The Morgan fingerprint density at radius 3 is 2.00 bits per heavy atom. The average Bonchev–Trinajstić information content (AvgIpc) is 2.71. The summed E-state index contributed by atoms with van der Waals surface area (Å²) in [5.41, 5.74) is 0.561. The number of sulfonamides is 1. The van der Waals surface area contributed by atoms with E-state index in [0.29, 0.717) is 15.6 Å². The van der Waals surface area contributed by atoms with Crippen molar-refractivity contribution in [2.24, 2.45) is 0 Å². The molecule has 0 aliphatic carbocycles. The molecule has 1 atom stereocenters. The van der Waals surface area contributed by atoms with Gasteiger partial charge in [-0.1, -0.05) is 59.4 Å². The van der Waals surface area contributed by atoms with Crippen molar-refractivity contribution in [3.05, 3.63) is 62.1 Å². The first-order chi connectivity index (χ1) is 16.2. The first kappa shape index (κ1) is 29.5. The molecule has 0 fully saturated rings. The highest BCUT2D eigenvalue weighted by molar-refractivity contribution is 7.92. The molecule has 0 bridgehead atoms. The van der Waals surface area contributed by atoms with Gasteiger partial charge < -0.3 is 10.2 Å². The van der Waals surface area contributed by atoms with E-state index in [1.807, 2.05) is 0 Å². The monoisotopic (exact) mass is 581 g/mol. The minimum atomic E-state index is -3.93. The molecule has 0 aliphatic rings. The first-order valence-electron chi connectivity index (χ1n) is 10.7. The van der Waals surface area contributed by atoms with Crippen molar-refractivity contribution in [1.29, 1.82) is 0 Å². The number of hydrogen-bond acceptors (Lipinski definition) is 4. The maximum Gasteiger partial charge on any atom is 0.244 e. The summed E-state index contributed by atoms with van der Waals surface area (Å²) in [5, 5.41) is 3.85. The fourth-order valence-electron chi connectivity index (χ4n) is 3.45. The molecule has 0 unspecified atom stereocenters. The molecule has 0 aromatic heterocycles. The third-order valence-corrected chi connectivity index (χ3v) is 7.31. The SMILES string of the molecule is CC[C@H](C(=O)NC(C)C)N(Cc1c(Cl)cccc1Cl)C(=O)CN(c1cc(Cl)cc(Cl)c1)S(C)(=O)=O. The Kier molecular flexibility index (Phi) is 10.5. The van der Waals surface area contributed by atoms with Crippen LogP contribution in [0.5, 0.6) is 0 Å². The molecule has 2 rings (SSSR count). The summed E-state index contributed by atoms with van der Waals surface area (Å²) in [4.78, 5) is 27.9. The second-order valence-electron chi connectivity index (χ2n) is 8.21. The van der Waals surface area contributed by atoms with Gasteiger partial charge in [0.15, 0.2) is 0 Å². The first-order valence-corrected chi connectivity index (χ1v) is 14.1. The van der Waals surface area contributed by atoms with Gasteiger partial charge in [-0.2, -0.15) is 0 Å². The van der Waals surface area contributed by atoms with E-state index in [1.54, 1.807) is 39.0 Å². The molecule has 0 spiro atoms. The summed E-state index contributed by atoms with van der Waals surface area (Å²) >= 11 is 24.8. The van der Waals surface area contributed by atoms with Crippen molar-refractivity contribution in [2.45, 2.75) is 45.8 Å². The summed E-state index contributed by atoms with van der Waals surface area (Å²) in [6.45, 7) is 4.66. The van der Waals surface area contributed by atoms with Crippen LogP contribution in [0.15, 0.2) is 36.4 Å². The van der Waals surface area contributed by atoms with Gasteiger partial charge in [-0.3, -0.25) is 13.9 Å². The number of benzene rings is 2. The van der Waals surface area contributed by atoms with Crippen LogP contribution < -0.4 is 9.62 Å². The van der Waals surface area contributed by atoms with Gasteiger partial charge in [-0.25, -0.2) is 8.42 Å². The molecule has 2 aromatic carbocycles. The Morgan fingerprint density at radius 1 is 1.00 bits per heavy atom. The normalized spacial score (nSPS) is 12.4. The predicted octanol–water partition coefficient (Wildman–Crippen LogP) is 5.40. The van der Waals surface area contributed by atoms with Gasteiger partial charge in [0.05, 0.1) is 11.9 Å². The lowest BCUT2D eigenvalue weighted by atomic mass is 10.1.